The molecule has 2 heterocycles. The highest BCUT2D eigenvalue weighted by Gasteiger charge is 2.21. The van der Waals surface area contributed by atoms with Crippen molar-refractivity contribution in [2.24, 2.45) is 7.05 Å². The van der Waals surface area contributed by atoms with Gasteiger partial charge in [0.15, 0.2) is 22.5 Å². The minimum atomic E-state index is -0.0973. The van der Waals surface area contributed by atoms with Crippen molar-refractivity contribution in [3.05, 3.63) is 57.6 Å². The summed E-state index contributed by atoms with van der Waals surface area (Å²) in [7, 11) is 1.82. The second kappa shape index (κ2) is 8.84. The van der Waals surface area contributed by atoms with E-state index in [2.05, 4.69) is 15.2 Å². The third-order valence-corrected chi connectivity index (χ3v) is 5.85. The van der Waals surface area contributed by atoms with Gasteiger partial charge >= 0.3 is 0 Å². The lowest BCUT2D eigenvalue weighted by molar-refractivity contribution is 0.101. The molecule has 9 heteroatoms. The molecule has 0 unspecified atom stereocenters. The Morgan fingerprint density at radius 2 is 1.97 bits per heavy atom. The zero-order chi connectivity index (χ0) is 21.1. The number of nitrogens with zero attached hydrogens (tertiary/aromatic N) is 3. The number of para-hydroxylation sites is 1. The summed E-state index contributed by atoms with van der Waals surface area (Å²) in [5.74, 6) is 1.21. The summed E-state index contributed by atoms with van der Waals surface area (Å²) >= 11 is 7.37. The molecule has 0 radical (unpaired) electrons. The highest BCUT2D eigenvalue weighted by Crippen LogP contribution is 2.25. The number of ether oxygens (including phenoxy) is 1. The number of nitrogens with one attached hydrogen (secondary N) is 1. The zero-order valence-electron chi connectivity index (χ0n) is 16.6. The molecule has 0 bridgehead atoms. The third-order valence-electron chi connectivity index (χ3n) is 4.52. The molecule has 0 saturated carbocycles. The van der Waals surface area contributed by atoms with Crippen LogP contribution in [-0.2, 0) is 13.7 Å². The van der Waals surface area contributed by atoms with Crippen LogP contribution in [0.1, 0.15) is 44.9 Å². The van der Waals surface area contributed by atoms with Gasteiger partial charge in [-0.15, -0.1) is 10.2 Å². The molecule has 0 aliphatic rings. The van der Waals surface area contributed by atoms with Gasteiger partial charge in [-0.3, -0.25) is 9.59 Å². The molecule has 3 aromatic rings. The number of rotatable bonds is 8. The van der Waals surface area contributed by atoms with E-state index in [-0.39, 0.29) is 23.9 Å². The van der Waals surface area contributed by atoms with Crippen LogP contribution >= 0.6 is 23.4 Å². The number of benzene rings is 1. The van der Waals surface area contributed by atoms with E-state index in [9.17, 15) is 9.59 Å². The molecule has 0 amide bonds. The average Bonchev–Trinajstić information content (AvgIpc) is 3.18. The first-order chi connectivity index (χ1) is 13.8. The zero-order valence-corrected chi connectivity index (χ0v) is 18.1. The molecule has 2 aromatic heterocycles. The molecule has 0 fully saturated rings. The number of carbonyl (C=O) groups is 2. The molecule has 152 valence electrons. The van der Waals surface area contributed by atoms with Crippen molar-refractivity contribution in [3.8, 4) is 5.75 Å². The fourth-order valence-electron chi connectivity index (χ4n) is 3.06. The van der Waals surface area contributed by atoms with Crippen molar-refractivity contribution in [1.82, 2.24) is 19.7 Å². The Balaban J connectivity index is 1.65. The van der Waals surface area contributed by atoms with Gasteiger partial charge in [0.1, 0.15) is 12.4 Å². The summed E-state index contributed by atoms with van der Waals surface area (Å²) in [4.78, 5) is 27.4. The van der Waals surface area contributed by atoms with Crippen LogP contribution in [0.15, 0.2) is 29.4 Å². The summed E-state index contributed by atoms with van der Waals surface area (Å²) in [5, 5.41) is 9.39. The first-order valence-corrected chi connectivity index (χ1v) is 10.3. The fraction of sp³-hybridized carbons (Fsp3) is 0.300. The summed E-state index contributed by atoms with van der Waals surface area (Å²) in [6.45, 7) is 5.28. The van der Waals surface area contributed by atoms with Crippen molar-refractivity contribution < 1.29 is 14.3 Å². The number of H-pyrrole nitrogens is 1. The maximum absolute atomic E-state index is 12.6. The second-order valence-electron chi connectivity index (χ2n) is 6.57. The van der Waals surface area contributed by atoms with Gasteiger partial charge in [-0.25, -0.2) is 0 Å². The Kier molecular flexibility index (Phi) is 6.44. The minimum absolute atomic E-state index is 0.0561. The van der Waals surface area contributed by atoms with E-state index in [1.165, 1.54) is 18.7 Å². The van der Waals surface area contributed by atoms with E-state index in [1.54, 1.807) is 30.5 Å². The highest BCUT2D eigenvalue weighted by atomic mass is 35.5. The lowest BCUT2D eigenvalue weighted by Gasteiger charge is -2.07. The van der Waals surface area contributed by atoms with Crippen molar-refractivity contribution in [3.63, 3.8) is 0 Å². The standard InChI is InChI=1S/C20H21ClN4O3S/c1-11-18(13(3)26)12(2)22-19(11)15(27)10-29-20-24-23-17(25(20)4)9-28-16-8-6-5-7-14(16)21/h5-8,22H,9-10H2,1-4H3. The smallest absolute Gasteiger partial charge is 0.191 e. The SMILES string of the molecule is CC(=O)c1c(C)[nH]c(C(=O)CSc2nnc(COc3ccccc3Cl)n2C)c1C. The van der Waals surface area contributed by atoms with Gasteiger partial charge in [-0.05, 0) is 38.5 Å². The number of hydrogen-bond donors (Lipinski definition) is 1. The minimum Gasteiger partial charge on any atom is -0.484 e. The second-order valence-corrected chi connectivity index (χ2v) is 7.92. The lowest BCUT2D eigenvalue weighted by atomic mass is 10.1. The van der Waals surface area contributed by atoms with Crippen LogP contribution in [-0.4, -0.2) is 37.1 Å². The molecular weight excluding hydrogens is 412 g/mol. The average molecular weight is 433 g/mol. The Labute approximate surface area is 177 Å². The van der Waals surface area contributed by atoms with Crippen LogP contribution in [0.4, 0.5) is 0 Å². The number of thioether (sulfide) groups is 1. The number of halogens is 1. The van der Waals surface area contributed by atoms with Gasteiger partial charge in [-0.2, -0.15) is 0 Å². The maximum Gasteiger partial charge on any atom is 0.191 e. The monoisotopic (exact) mass is 432 g/mol. The van der Waals surface area contributed by atoms with Crippen molar-refractivity contribution in [2.45, 2.75) is 32.5 Å². The number of hydrogen-bond acceptors (Lipinski definition) is 6. The molecule has 7 nitrogen and oxygen atoms in total. The lowest BCUT2D eigenvalue weighted by Crippen LogP contribution is -2.08. The molecule has 0 spiro atoms. The van der Waals surface area contributed by atoms with E-state index in [0.717, 1.165) is 0 Å². The van der Waals surface area contributed by atoms with Crippen LogP contribution in [0.5, 0.6) is 5.75 Å². The Morgan fingerprint density at radius 3 is 2.62 bits per heavy atom. The molecular formula is C20H21ClN4O3S. The van der Waals surface area contributed by atoms with Gasteiger partial charge in [-0.1, -0.05) is 35.5 Å². The summed E-state index contributed by atoms with van der Waals surface area (Å²) in [6.07, 6.45) is 0. The Bertz CT molecular complexity index is 1070. The fourth-order valence-corrected chi connectivity index (χ4v) is 4.05. The van der Waals surface area contributed by atoms with Crippen molar-refractivity contribution in [1.29, 1.82) is 0 Å². The summed E-state index contributed by atoms with van der Waals surface area (Å²) in [5.41, 5.74) is 2.44. The van der Waals surface area contributed by atoms with Crippen molar-refractivity contribution >= 4 is 34.9 Å². The van der Waals surface area contributed by atoms with Gasteiger partial charge in [0, 0.05) is 18.3 Å². The first-order valence-electron chi connectivity index (χ1n) is 8.91. The van der Waals surface area contributed by atoms with Crippen LogP contribution in [0.25, 0.3) is 0 Å². The Hall–Kier alpha value is -2.58. The van der Waals surface area contributed by atoms with E-state index in [0.29, 0.717) is 44.3 Å². The van der Waals surface area contributed by atoms with Crippen LogP contribution in [0, 0.1) is 13.8 Å². The number of aromatic amines is 1. The first kappa shape index (κ1) is 21.1. The topological polar surface area (TPSA) is 89.9 Å². The quantitative estimate of drug-likeness (QED) is 0.424. The number of ketones is 2. The number of aryl methyl sites for hydroxylation is 1. The third kappa shape index (κ3) is 4.54. The molecule has 3 rings (SSSR count). The highest BCUT2D eigenvalue weighted by molar-refractivity contribution is 7.99. The summed E-state index contributed by atoms with van der Waals surface area (Å²) in [6, 6.07) is 7.20. The van der Waals surface area contributed by atoms with Crippen molar-refractivity contribution in [2.75, 3.05) is 5.75 Å². The molecule has 0 atom stereocenters. The Morgan fingerprint density at radius 1 is 1.24 bits per heavy atom. The van der Waals surface area contributed by atoms with Gasteiger partial charge in [0.2, 0.25) is 0 Å². The number of aromatic nitrogens is 4. The summed E-state index contributed by atoms with van der Waals surface area (Å²) < 4.78 is 7.48. The molecule has 1 aromatic carbocycles. The normalized spacial score (nSPS) is 10.9. The molecule has 0 aliphatic carbocycles. The van der Waals surface area contributed by atoms with Gasteiger partial charge < -0.3 is 14.3 Å². The van der Waals surface area contributed by atoms with E-state index in [4.69, 9.17) is 16.3 Å². The largest absolute Gasteiger partial charge is 0.484 e. The number of Topliss-reactive ketones (excluding diaryl/α,β-unsaturated/α-hetero) is 2. The molecule has 0 saturated heterocycles. The van der Waals surface area contributed by atoms with Gasteiger partial charge in [0.05, 0.1) is 16.5 Å². The van der Waals surface area contributed by atoms with Crippen LogP contribution in [0.2, 0.25) is 5.02 Å². The van der Waals surface area contributed by atoms with E-state index in [1.807, 2.05) is 19.2 Å². The number of carbonyl (C=O) groups excluding carboxylic acids is 2. The van der Waals surface area contributed by atoms with Gasteiger partial charge in [0.25, 0.3) is 0 Å². The molecule has 29 heavy (non-hydrogen) atoms. The predicted molar refractivity (Wildman–Crippen MR) is 112 cm³/mol. The molecule has 0 aliphatic heterocycles. The van der Waals surface area contributed by atoms with Crippen LogP contribution < -0.4 is 4.74 Å². The van der Waals surface area contributed by atoms with Crippen LogP contribution in [0.3, 0.4) is 0 Å². The molecule has 1 N–H and O–H groups in total. The predicted octanol–water partition coefficient (Wildman–Crippen LogP) is 4.17. The van der Waals surface area contributed by atoms with E-state index >= 15 is 0 Å². The van der Waals surface area contributed by atoms with E-state index < -0.39 is 0 Å². The maximum atomic E-state index is 12.6.